The summed E-state index contributed by atoms with van der Waals surface area (Å²) in [7, 11) is 1.69. The van der Waals surface area contributed by atoms with E-state index in [0.29, 0.717) is 11.7 Å². The first-order chi connectivity index (χ1) is 13.9. The van der Waals surface area contributed by atoms with Crippen LogP contribution in [0, 0.1) is 6.92 Å². The Kier molecular flexibility index (Phi) is 7.57. The molecular formula is C26H37NO3. The fourth-order valence-electron chi connectivity index (χ4n) is 3.51. The van der Waals surface area contributed by atoms with Gasteiger partial charge in [0.25, 0.3) is 5.91 Å². The zero-order valence-electron chi connectivity index (χ0n) is 19.9. The number of nitrogens with one attached hydrogen (secondary N) is 1. The molecule has 0 saturated heterocycles. The summed E-state index contributed by atoms with van der Waals surface area (Å²) in [5, 5.41) is 3.09. The Morgan fingerprint density at radius 3 is 2.07 bits per heavy atom. The normalized spacial score (nSPS) is 13.7. The van der Waals surface area contributed by atoms with E-state index < -0.39 is 6.10 Å². The Hall–Kier alpha value is -2.49. The van der Waals surface area contributed by atoms with Gasteiger partial charge >= 0.3 is 0 Å². The minimum atomic E-state index is -0.587. The van der Waals surface area contributed by atoms with Crippen LogP contribution in [0.2, 0.25) is 0 Å². The van der Waals surface area contributed by atoms with Crippen LogP contribution < -0.4 is 14.8 Å². The van der Waals surface area contributed by atoms with Crippen molar-refractivity contribution in [1.29, 1.82) is 0 Å². The topological polar surface area (TPSA) is 47.6 Å². The number of benzene rings is 2. The van der Waals surface area contributed by atoms with Crippen LogP contribution in [-0.4, -0.2) is 19.1 Å². The lowest BCUT2D eigenvalue weighted by Crippen LogP contribution is -2.38. The molecule has 0 bridgehead atoms. The van der Waals surface area contributed by atoms with Crippen molar-refractivity contribution in [3.05, 3.63) is 58.7 Å². The van der Waals surface area contributed by atoms with Gasteiger partial charge in [0.2, 0.25) is 0 Å². The lowest BCUT2D eigenvalue weighted by Gasteiger charge is -2.23. The second-order valence-electron chi connectivity index (χ2n) is 9.37. The van der Waals surface area contributed by atoms with Crippen LogP contribution in [-0.2, 0) is 10.2 Å². The van der Waals surface area contributed by atoms with Gasteiger partial charge in [-0.2, -0.15) is 0 Å². The minimum absolute atomic E-state index is 0.0853. The van der Waals surface area contributed by atoms with E-state index in [2.05, 4.69) is 58.1 Å². The fourth-order valence-corrected chi connectivity index (χ4v) is 3.51. The van der Waals surface area contributed by atoms with E-state index in [-0.39, 0.29) is 17.4 Å². The van der Waals surface area contributed by atoms with Crippen LogP contribution in [0.5, 0.6) is 11.5 Å². The molecule has 0 heterocycles. The van der Waals surface area contributed by atoms with Gasteiger partial charge in [0, 0.05) is 0 Å². The predicted octanol–water partition coefficient (Wildman–Crippen LogP) is 6.07. The molecule has 0 fully saturated rings. The van der Waals surface area contributed by atoms with Crippen molar-refractivity contribution in [3.63, 3.8) is 0 Å². The summed E-state index contributed by atoms with van der Waals surface area (Å²) in [6, 6.07) is 12.0. The molecule has 0 aromatic heterocycles. The quantitative estimate of drug-likeness (QED) is 0.601. The zero-order chi connectivity index (χ0) is 22.6. The van der Waals surface area contributed by atoms with Crippen LogP contribution in [0.25, 0.3) is 0 Å². The number of carbonyl (C=O) groups is 1. The molecule has 0 saturated carbocycles. The van der Waals surface area contributed by atoms with Gasteiger partial charge in [-0.25, -0.2) is 0 Å². The smallest absolute Gasteiger partial charge is 0.261 e. The molecule has 0 radical (unpaired) electrons. The first-order valence-electron chi connectivity index (χ1n) is 10.7. The largest absolute Gasteiger partial charge is 0.496 e. The lowest BCUT2D eigenvalue weighted by atomic mass is 9.87. The summed E-state index contributed by atoms with van der Waals surface area (Å²) in [5.41, 5.74) is 4.64. The summed E-state index contributed by atoms with van der Waals surface area (Å²) < 4.78 is 11.4. The molecule has 4 heteroatoms. The van der Waals surface area contributed by atoms with Gasteiger partial charge in [-0.3, -0.25) is 4.79 Å². The highest BCUT2D eigenvalue weighted by Crippen LogP contribution is 2.32. The number of hydrogen-bond acceptors (Lipinski definition) is 3. The standard InChI is InChI=1S/C26H37NO3/c1-16(2)22-15-23(17(3)14-24(22)29-9)18(4)27-25(28)19(5)30-21-12-10-20(11-13-21)26(6,7)8/h10-16,18-19H,1-9H3,(H,27,28)/t18-,19-/m0/s1. The van der Waals surface area contributed by atoms with Crippen molar-refractivity contribution in [2.24, 2.45) is 0 Å². The van der Waals surface area contributed by atoms with E-state index in [9.17, 15) is 4.79 Å². The first kappa shape index (κ1) is 23.8. The fraction of sp³-hybridized carbons (Fsp3) is 0.500. The number of amides is 1. The molecule has 30 heavy (non-hydrogen) atoms. The number of ether oxygens (including phenoxy) is 2. The molecule has 2 aromatic carbocycles. The second kappa shape index (κ2) is 9.55. The monoisotopic (exact) mass is 411 g/mol. The Labute approximate surface area is 182 Å². The van der Waals surface area contributed by atoms with Gasteiger partial charge in [-0.15, -0.1) is 0 Å². The number of carbonyl (C=O) groups excluding carboxylic acids is 1. The Morgan fingerprint density at radius 1 is 0.967 bits per heavy atom. The summed E-state index contributed by atoms with van der Waals surface area (Å²) in [4.78, 5) is 12.7. The summed E-state index contributed by atoms with van der Waals surface area (Å²) in [6.07, 6.45) is -0.587. The lowest BCUT2D eigenvalue weighted by molar-refractivity contribution is -0.127. The van der Waals surface area contributed by atoms with Crippen LogP contribution >= 0.6 is 0 Å². The van der Waals surface area contributed by atoms with Crippen LogP contribution in [0.3, 0.4) is 0 Å². The van der Waals surface area contributed by atoms with Gasteiger partial charge in [0.05, 0.1) is 13.2 Å². The van der Waals surface area contributed by atoms with Crippen LogP contribution in [0.1, 0.15) is 82.7 Å². The van der Waals surface area contributed by atoms with Gasteiger partial charge < -0.3 is 14.8 Å². The van der Waals surface area contributed by atoms with Crippen molar-refractivity contribution >= 4 is 5.91 Å². The molecule has 0 aliphatic rings. The predicted molar refractivity (Wildman–Crippen MR) is 124 cm³/mol. The van der Waals surface area contributed by atoms with Crippen molar-refractivity contribution in [2.75, 3.05) is 7.11 Å². The molecule has 164 valence electrons. The average Bonchev–Trinajstić information content (AvgIpc) is 2.66. The van der Waals surface area contributed by atoms with Gasteiger partial charge in [0.15, 0.2) is 6.10 Å². The van der Waals surface area contributed by atoms with E-state index in [4.69, 9.17) is 9.47 Å². The van der Waals surface area contributed by atoms with Crippen molar-refractivity contribution in [2.45, 2.75) is 78.9 Å². The van der Waals surface area contributed by atoms with Crippen molar-refractivity contribution in [3.8, 4) is 11.5 Å². The van der Waals surface area contributed by atoms with Crippen LogP contribution in [0.4, 0.5) is 0 Å². The molecule has 1 N–H and O–H groups in total. The average molecular weight is 412 g/mol. The Morgan fingerprint density at radius 2 is 1.57 bits per heavy atom. The number of rotatable bonds is 7. The first-order valence-corrected chi connectivity index (χ1v) is 10.7. The van der Waals surface area contributed by atoms with E-state index in [1.165, 1.54) is 5.56 Å². The highest BCUT2D eigenvalue weighted by atomic mass is 16.5. The Bertz CT molecular complexity index is 863. The maximum Gasteiger partial charge on any atom is 0.261 e. The Balaban J connectivity index is 2.09. The third-order valence-electron chi connectivity index (χ3n) is 5.47. The number of methoxy groups -OCH3 is 1. The zero-order valence-corrected chi connectivity index (χ0v) is 19.9. The van der Waals surface area contributed by atoms with E-state index in [0.717, 1.165) is 22.4 Å². The minimum Gasteiger partial charge on any atom is -0.496 e. The molecule has 2 rings (SSSR count). The summed E-state index contributed by atoms with van der Waals surface area (Å²) >= 11 is 0. The maximum atomic E-state index is 12.7. The highest BCUT2D eigenvalue weighted by molar-refractivity contribution is 5.81. The van der Waals surface area contributed by atoms with E-state index in [1.54, 1.807) is 14.0 Å². The molecule has 0 aliphatic carbocycles. The van der Waals surface area contributed by atoms with Gasteiger partial charge in [-0.05, 0) is 78.6 Å². The summed E-state index contributed by atoms with van der Waals surface area (Å²) in [5.74, 6) is 1.78. The molecule has 0 aliphatic heterocycles. The number of aryl methyl sites for hydroxylation is 1. The third kappa shape index (κ3) is 5.78. The van der Waals surface area contributed by atoms with Gasteiger partial charge in [0.1, 0.15) is 11.5 Å². The molecule has 4 nitrogen and oxygen atoms in total. The number of hydrogen-bond donors (Lipinski definition) is 1. The third-order valence-corrected chi connectivity index (χ3v) is 5.47. The second-order valence-corrected chi connectivity index (χ2v) is 9.37. The highest BCUT2D eigenvalue weighted by Gasteiger charge is 2.21. The van der Waals surface area contributed by atoms with Gasteiger partial charge in [-0.1, -0.05) is 46.8 Å². The molecule has 1 amide bonds. The molecule has 2 aromatic rings. The van der Waals surface area contributed by atoms with E-state index >= 15 is 0 Å². The molecule has 2 atom stereocenters. The van der Waals surface area contributed by atoms with E-state index in [1.807, 2.05) is 32.0 Å². The SMILES string of the molecule is COc1cc(C)c([C@H](C)NC(=O)[C@H](C)Oc2ccc(C(C)(C)C)cc2)cc1C(C)C. The van der Waals surface area contributed by atoms with Crippen molar-refractivity contribution < 1.29 is 14.3 Å². The van der Waals surface area contributed by atoms with Crippen molar-refractivity contribution in [1.82, 2.24) is 5.32 Å². The molecule has 0 spiro atoms. The van der Waals surface area contributed by atoms with Crippen LogP contribution in [0.15, 0.2) is 36.4 Å². The molecular weight excluding hydrogens is 374 g/mol. The molecule has 0 unspecified atom stereocenters. The summed E-state index contributed by atoms with van der Waals surface area (Å²) in [6.45, 7) is 16.6. The maximum absolute atomic E-state index is 12.7.